The smallest absolute Gasteiger partial charge is 0.253 e. The Balaban J connectivity index is 1.65. The standard InChI is InChI=1S/C19H25N3O2/c20-13-16-6-4-7-17(12-16)19(23)22-10-5-11-24-18(15-22)14-21-8-2-1-3-9-21/h4,6-7,12,18H,1-3,5,8-11,14-15H2/t18-/m0/s1. The number of benzene rings is 1. The first-order valence-corrected chi connectivity index (χ1v) is 8.89. The van der Waals surface area contributed by atoms with Gasteiger partial charge in [0.05, 0.1) is 17.7 Å². The fourth-order valence-electron chi connectivity index (χ4n) is 3.52. The van der Waals surface area contributed by atoms with Gasteiger partial charge in [-0.1, -0.05) is 12.5 Å². The van der Waals surface area contributed by atoms with Crippen LogP contribution in [0.2, 0.25) is 0 Å². The monoisotopic (exact) mass is 327 g/mol. The molecule has 2 aliphatic heterocycles. The van der Waals surface area contributed by atoms with Crippen LogP contribution in [0.15, 0.2) is 24.3 Å². The molecule has 2 heterocycles. The molecule has 2 aliphatic rings. The summed E-state index contributed by atoms with van der Waals surface area (Å²) < 4.78 is 5.98. The second-order valence-corrected chi connectivity index (χ2v) is 6.65. The first kappa shape index (κ1) is 16.9. The minimum Gasteiger partial charge on any atom is -0.375 e. The van der Waals surface area contributed by atoms with Gasteiger partial charge in [0.15, 0.2) is 0 Å². The molecule has 2 saturated heterocycles. The molecule has 3 rings (SSSR count). The minimum absolute atomic E-state index is 0.00115. The van der Waals surface area contributed by atoms with Crippen molar-refractivity contribution in [3.8, 4) is 6.07 Å². The van der Waals surface area contributed by atoms with E-state index in [1.165, 1.54) is 19.3 Å². The summed E-state index contributed by atoms with van der Waals surface area (Å²) in [6.07, 6.45) is 4.78. The number of hydrogen-bond acceptors (Lipinski definition) is 4. The van der Waals surface area contributed by atoms with Crippen LogP contribution in [0.3, 0.4) is 0 Å². The molecule has 1 aromatic carbocycles. The Labute approximate surface area is 143 Å². The summed E-state index contributed by atoms with van der Waals surface area (Å²) in [4.78, 5) is 17.1. The van der Waals surface area contributed by atoms with Gasteiger partial charge in [-0.3, -0.25) is 4.79 Å². The van der Waals surface area contributed by atoms with E-state index in [9.17, 15) is 4.79 Å². The topological polar surface area (TPSA) is 56.6 Å². The second kappa shape index (κ2) is 8.27. The molecule has 0 radical (unpaired) electrons. The Morgan fingerprint density at radius 2 is 2.04 bits per heavy atom. The highest BCUT2D eigenvalue weighted by atomic mass is 16.5. The molecule has 24 heavy (non-hydrogen) atoms. The van der Waals surface area contributed by atoms with E-state index < -0.39 is 0 Å². The summed E-state index contributed by atoms with van der Waals surface area (Å²) >= 11 is 0. The van der Waals surface area contributed by atoms with Crippen molar-refractivity contribution < 1.29 is 9.53 Å². The molecular formula is C19H25N3O2. The highest BCUT2D eigenvalue weighted by Crippen LogP contribution is 2.15. The highest BCUT2D eigenvalue weighted by Gasteiger charge is 2.25. The summed E-state index contributed by atoms with van der Waals surface area (Å²) in [6.45, 7) is 5.23. The number of ether oxygens (including phenoxy) is 1. The predicted octanol–water partition coefficient (Wildman–Crippen LogP) is 2.28. The van der Waals surface area contributed by atoms with E-state index in [1.807, 2.05) is 4.90 Å². The number of amides is 1. The molecule has 1 atom stereocenters. The summed E-state index contributed by atoms with van der Waals surface area (Å²) in [5.74, 6) is 0.00115. The third kappa shape index (κ3) is 4.34. The van der Waals surface area contributed by atoms with Crippen molar-refractivity contribution in [3.05, 3.63) is 35.4 Å². The van der Waals surface area contributed by atoms with Gasteiger partial charge in [-0.25, -0.2) is 0 Å². The van der Waals surface area contributed by atoms with E-state index >= 15 is 0 Å². The van der Waals surface area contributed by atoms with Crippen LogP contribution < -0.4 is 0 Å². The molecule has 1 amide bonds. The third-order valence-corrected chi connectivity index (χ3v) is 4.79. The number of piperidine rings is 1. The number of nitrogens with zero attached hydrogens (tertiary/aromatic N) is 3. The Morgan fingerprint density at radius 3 is 2.83 bits per heavy atom. The zero-order valence-electron chi connectivity index (χ0n) is 14.1. The van der Waals surface area contributed by atoms with Gasteiger partial charge in [-0.2, -0.15) is 5.26 Å². The zero-order chi connectivity index (χ0) is 16.8. The number of rotatable bonds is 3. The van der Waals surface area contributed by atoms with Gasteiger partial charge in [-0.15, -0.1) is 0 Å². The second-order valence-electron chi connectivity index (χ2n) is 6.65. The first-order chi connectivity index (χ1) is 11.8. The van der Waals surface area contributed by atoms with Crippen molar-refractivity contribution in [1.29, 1.82) is 5.26 Å². The predicted molar refractivity (Wildman–Crippen MR) is 91.7 cm³/mol. The maximum atomic E-state index is 12.8. The first-order valence-electron chi connectivity index (χ1n) is 8.89. The molecule has 2 fully saturated rings. The maximum absolute atomic E-state index is 12.8. The van der Waals surface area contributed by atoms with Crippen LogP contribution in [0.4, 0.5) is 0 Å². The van der Waals surface area contributed by atoms with E-state index in [0.29, 0.717) is 30.8 Å². The van der Waals surface area contributed by atoms with Crippen molar-refractivity contribution in [3.63, 3.8) is 0 Å². The fraction of sp³-hybridized carbons (Fsp3) is 0.579. The number of hydrogen-bond donors (Lipinski definition) is 0. The largest absolute Gasteiger partial charge is 0.375 e. The molecule has 0 spiro atoms. The molecule has 5 heteroatoms. The van der Waals surface area contributed by atoms with Gasteiger partial charge < -0.3 is 14.5 Å². The molecule has 1 aromatic rings. The van der Waals surface area contributed by atoms with Crippen LogP contribution in [0.5, 0.6) is 0 Å². The van der Waals surface area contributed by atoms with Crippen molar-refractivity contribution >= 4 is 5.91 Å². The lowest BCUT2D eigenvalue weighted by molar-refractivity contribution is 0.0216. The zero-order valence-corrected chi connectivity index (χ0v) is 14.1. The van der Waals surface area contributed by atoms with Crippen molar-refractivity contribution in [2.45, 2.75) is 31.8 Å². The van der Waals surface area contributed by atoms with Gasteiger partial charge in [0.1, 0.15) is 0 Å². The Bertz CT molecular complexity index is 605. The summed E-state index contributed by atoms with van der Waals surface area (Å²) in [5.41, 5.74) is 1.12. The van der Waals surface area contributed by atoms with Gasteiger partial charge >= 0.3 is 0 Å². The number of nitriles is 1. The minimum atomic E-state index is 0.00115. The van der Waals surface area contributed by atoms with Crippen molar-refractivity contribution in [2.24, 2.45) is 0 Å². The molecular weight excluding hydrogens is 302 g/mol. The lowest BCUT2D eigenvalue weighted by Crippen LogP contribution is -2.43. The highest BCUT2D eigenvalue weighted by molar-refractivity contribution is 5.94. The number of carbonyl (C=O) groups excluding carboxylic acids is 1. The summed E-state index contributed by atoms with van der Waals surface area (Å²) in [5, 5.41) is 9.02. The van der Waals surface area contributed by atoms with Gasteiger partial charge in [0.25, 0.3) is 5.91 Å². The molecule has 5 nitrogen and oxygen atoms in total. The number of likely N-dealkylation sites (tertiary alicyclic amines) is 1. The molecule has 0 unspecified atom stereocenters. The van der Waals surface area contributed by atoms with Crippen LogP contribution in [0, 0.1) is 11.3 Å². The molecule has 0 bridgehead atoms. The Morgan fingerprint density at radius 1 is 1.21 bits per heavy atom. The Hall–Kier alpha value is -1.90. The van der Waals surface area contributed by atoms with Crippen LogP contribution in [-0.4, -0.2) is 61.1 Å². The van der Waals surface area contributed by atoms with Gasteiger partial charge in [-0.05, 0) is 50.6 Å². The van der Waals surface area contributed by atoms with Crippen molar-refractivity contribution in [2.75, 3.05) is 39.3 Å². The van der Waals surface area contributed by atoms with E-state index in [1.54, 1.807) is 24.3 Å². The number of carbonyl (C=O) groups is 1. The molecule has 0 N–H and O–H groups in total. The van der Waals surface area contributed by atoms with Crippen LogP contribution in [-0.2, 0) is 4.74 Å². The van der Waals surface area contributed by atoms with Gasteiger partial charge in [0.2, 0.25) is 0 Å². The average molecular weight is 327 g/mol. The average Bonchev–Trinajstić information content (AvgIpc) is 2.87. The van der Waals surface area contributed by atoms with Crippen LogP contribution in [0.25, 0.3) is 0 Å². The SMILES string of the molecule is N#Cc1cccc(C(=O)N2CCCO[C@@H](CN3CCCCC3)C2)c1. The van der Waals surface area contributed by atoms with E-state index in [2.05, 4.69) is 11.0 Å². The molecule has 0 saturated carbocycles. The van der Waals surface area contributed by atoms with Crippen LogP contribution in [0.1, 0.15) is 41.6 Å². The van der Waals surface area contributed by atoms with Crippen molar-refractivity contribution in [1.82, 2.24) is 9.80 Å². The Kier molecular flexibility index (Phi) is 5.84. The van der Waals surface area contributed by atoms with E-state index in [4.69, 9.17) is 10.00 Å². The lowest BCUT2D eigenvalue weighted by Gasteiger charge is -2.31. The normalized spacial score (nSPS) is 22.6. The fourth-order valence-corrected chi connectivity index (χ4v) is 3.52. The van der Waals surface area contributed by atoms with Crippen LogP contribution >= 0.6 is 0 Å². The van der Waals surface area contributed by atoms with Gasteiger partial charge in [0, 0.05) is 31.8 Å². The molecule has 0 aromatic heterocycles. The maximum Gasteiger partial charge on any atom is 0.253 e. The third-order valence-electron chi connectivity index (χ3n) is 4.79. The molecule has 0 aliphatic carbocycles. The van der Waals surface area contributed by atoms with E-state index in [-0.39, 0.29) is 12.0 Å². The lowest BCUT2D eigenvalue weighted by atomic mass is 10.1. The summed E-state index contributed by atoms with van der Waals surface area (Å²) in [7, 11) is 0. The van der Waals surface area contributed by atoms with E-state index in [0.717, 1.165) is 26.1 Å². The molecule has 128 valence electrons. The quantitative estimate of drug-likeness (QED) is 0.854. The summed E-state index contributed by atoms with van der Waals surface area (Å²) in [6, 6.07) is 9.05.